The number of hydrogen-bond acceptors (Lipinski definition) is 6. The molecule has 0 aliphatic heterocycles. The molecule has 1 heterocycles. The van der Waals surface area contributed by atoms with Crippen molar-refractivity contribution in [3.63, 3.8) is 0 Å². The minimum absolute atomic E-state index is 0.0710. The Morgan fingerprint density at radius 2 is 1.88 bits per heavy atom. The lowest BCUT2D eigenvalue weighted by atomic mass is 10.0. The van der Waals surface area contributed by atoms with E-state index < -0.39 is 0 Å². The maximum atomic E-state index is 11.3. The van der Waals surface area contributed by atoms with E-state index in [2.05, 4.69) is 10.5 Å². The molecule has 2 rings (SSSR count). The quantitative estimate of drug-likeness (QED) is 0.355. The van der Waals surface area contributed by atoms with Gasteiger partial charge in [0.15, 0.2) is 0 Å². The molecule has 0 saturated carbocycles. The van der Waals surface area contributed by atoms with Crippen LogP contribution in [0.4, 0.5) is 11.4 Å². The van der Waals surface area contributed by atoms with Gasteiger partial charge in [0.1, 0.15) is 11.4 Å². The molecular formula is C19H31N3O3S. The van der Waals surface area contributed by atoms with Crippen LogP contribution in [0.15, 0.2) is 22.7 Å². The van der Waals surface area contributed by atoms with Crippen LogP contribution < -0.4 is 5.32 Å². The second kappa shape index (κ2) is 13.2. The van der Waals surface area contributed by atoms with E-state index in [0.29, 0.717) is 18.0 Å². The minimum Gasteiger partial charge on any atom is -0.379 e. The fraction of sp³-hybridized carbons (Fsp3) is 0.526. The first-order chi connectivity index (χ1) is 12.5. The summed E-state index contributed by atoms with van der Waals surface area (Å²) in [5.74, 6) is 1.69. The summed E-state index contributed by atoms with van der Waals surface area (Å²) in [6.07, 6.45) is 3.00. The lowest BCUT2D eigenvalue weighted by Gasteiger charge is -2.08. The molecular weight excluding hydrogens is 350 g/mol. The topological polar surface area (TPSA) is 81.2 Å². The SMILES string of the molecule is CC.CC.CSCCCNc1ccc(-c2c(C)noc2C)cc1[N+](=O)[O-]. The Kier molecular flexibility index (Phi) is 12.2. The Morgan fingerprint density at radius 1 is 1.23 bits per heavy atom. The Morgan fingerprint density at radius 3 is 2.38 bits per heavy atom. The molecule has 7 heteroatoms. The lowest BCUT2D eigenvalue weighted by Crippen LogP contribution is -2.05. The van der Waals surface area contributed by atoms with Gasteiger partial charge in [0.25, 0.3) is 5.69 Å². The standard InChI is InChI=1S/C15H19N3O3S.2C2H6/c1-10-15(11(2)21-17-10)12-5-6-13(14(9-12)18(19)20)16-7-4-8-22-3;2*1-2/h5-6,9,16H,4,7-8H2,1-3H3;2*1-2H3. The number of nitrogens with zero attached hydrogens (tertiary/aromatic N) is 2. The predicted molar refractivity (Wildman–Crippen MR) is 112 cm³/mol. The molecule has 0 saturated heterocycles. The molecule has 1 aromatic carbocycles. The van der Waals surface area contributed by atoms with Crippen molar-refractivity contribution < 1.29 is 9.45 Å². The smallest absolute Gasteiger partial charge is 0.292 e. The summed E-state index contributed by atoms with van der Waals surface area (Å²) in [4.78, 5) is 11.0. The van der Waals surface area contributed by atoms with Gasteiger partial charge in [-0.2, -0.15) is 11.8 Å². The molecule has 26 heavy (non-hydrogen) atoms. The van der Waals surface area contributed by atoms with Gasteiger partial charge in [0.2, 0.25) is 0 Å². The Balaban J connectivity index is 0.00000146. The van der Waals surface area contributed by atoms with Crippen LogP contribution in [0, 0.1) is 24.0 Å². The summed E-state index contributed by atoms with van der Waals surface area (Å²) < 4.78 is 5.13. The highest BCUT2D eigenvalue weighted by Crippen LogP contribution is 2.33. The molecule has 0 bridgehead atoms. The van der Waals surface area contributed by atoms with Crippen LogP contribution >= 0.6 is 11.8 Å². The van der Waals surface area contributed by atoms with Gasteiger partial charge in [0.05, 0.1) is 10.6 Å². The number of rotatable bonds is 7. The van der Waals surface area contributed by atoms with Crippen molar-refractivity contribution in [1.82, 2.24) is 5.16 Å². The monoisotopic (exact) mass is 381 g/mol. The molecule has 0 atom stereocenters. The first-order valence-electron chi connectivity index (χ1n) is 8.99. The molecule has 0 amide bonds. The number of aromatic nitrogens is 1. The van der Waals surface area contributed by atoms with E-state index in [1.165, 1.54) is 0 Å². The van der Waals surface area contributed by atoms with E-state index in [4.69, 9.17) is 4.52 Å². The van der Waals surface area contributed by atoms with Crippen LogP contribution in [-0.4, -0.2) is 28.6 Å². The van der Waals surface area contributed by atoms with Crippen molar-refractivity contribution in [2.45, 2.75) is 48.0 Å². The molecule has 0 aliphatic rings. The van der Waals surface area contributed by atoms with Crippen molar-refractivity contribution in [3.8, 4) is 11.1 Å². The van der Waals surface area contributed by atoms with E-state index in [-0.39, 0.29) is 10.6 Å². The number of benzene rings is 1. The van der Waals surface area contributed by atoms with Crippen LogP contribution in [-0.2, 0) is 0 Å². The molecule has 0 radical (unpaired) electrons. The highest BCUT2D eigenvalue weighted by Gasteiger charge is 2.18. The number of hydrogen-bond donors (Lipinski definition) is 1. The van der Waals surface area contributed by atoms with E-state index in [9.17, 15) is 10.1 Å². The zero-order chi connectivity index (χ0) is 20.1. The molecule has 1 aromatic heterocycles. The molecule has 6 nitrogen and oxygen atoms in total. The molecule has 1 N–H and O–H groups in total. The van der Waals surface area contributed by atoms with Crippen molar-refractivity contribution in [2.75, 3.05) is 23.9 Å². The van der Waals surface area contributed by atoms with Crippen LogP contribution in [0.1, 0.15) is 45.6 Å². The highest BCUT2D eigenvalue weighted by molar-refractivity contribution is 7.98. The number of thioether (sulfide) groups is 1. The van der Waals surface area contributed by atoms with Crippen molar-refractivity contribution in [3.05, 3.63) is 39.8 Å². The van der Waals surface area contributed by atoms with Gasteiger partial charge in [0, 0.05) is 18.2 Å². The molecule has 0 fully saturated rings. The van der Waals surface area contributed by atoms with Gasteiger partial charge in [-0.25, -0.2) is 0 Å². The Hall–Kier alpha value is -2.02. The molecule has 0 spiro atoms. The molecule has 0 aliphatic carbocycles. The van der Waals surface area contributed by atoms with Crippen LogP contribution in [0.3, 0.4) is 0 Å². The van der Waals surface area contributed by atoms with Crippen LogP contribution in [0.2, 0.25) is 0 Å². The predicted octanol–water partition coefficient (Wildman–Crippen LogP) is 6.08. The van der Waals surface area contributed by atoms with E-state index >= 15 is 0 Å². The average molecular weight is 382 g/mol. The average Bonchev–Trinajstić information content (AvgIpc) is 3.00. The molecule has 146 valence electrons. The van der Waals surface area contributed by atoms with Gasteiger partial charge in [-0.05, 0) is 43.9 Å². The lowest BCUT2D eigenvalue weighted by molar-refractivity contribution is -0.383. The highest BCUT2D eigenvalue weighted by atomic mass is 32.2. The number of aryl methyl sites for hydroxylation is 2. The van der Waals surface area contributed by atoms with Crippen LogP contribution in [0.25, 0.3) is 11.1 Å². The summed E-state index contributed by atoms with van der Waals surface area (Å²) in [7, 11) is 0. The summed E-state index contributed by atoms with van der Waals surface area (Å²) in [5.41, 5.74) is 2.91. The van der Waals surface area contributed by atoms with Gasteiger partial charge >= 0.3 is 0 Å². The van der Waals surface area contributed by atoms with Gasteiger partial charge in [-0.3, -0.25) is 10.1 Å². The number of anilines is 1. The third kappa shape index (κ3) is 6.71. The van der Waals surface area contributed by atoms with E-state index in [1.807, 2.05) is 46.9 Å². The Bertz CT molecular complexity index is 653. The zero-order valence-electron chi connectivity index (χ0n) is 16.9. The van der Waals surface area contributed by atoms with E-state index in [0.717, 1.165) is 29.0 Å². The largest absolute Gasteiger partial charge is 0.379 e. The second-order valence-electron chi connectivity index (χ2n) is 4.96. The van der Waals surface area contributed by atoms with E-state index in [1.54, 1.807) is 30.8 Å². The van der Waals surface area contributed by atoms with Crippen molar-refractivity contribution >= 4 is 23.1 Å². The van der Waals surface area contributed by atoms with Crippen molar-refractivity contribution in [2.24, 2.45) is 0 Å². The summed E-state index contributed by atoms with van der Waals surface area (Å²) in [6, 6.07) is 5.18. The minimum atomic E-state index is -0.363. The Labute approximate surface area is 160 Å². The number of nitrogens with one attached hydrogen (secondary N) is 1. The van der Waals surface area contributed by atoms with Crippen LogP contribution in [0.5, 0.6) is 0 Å². The third-order valence-corrected chi connectivity index (χ3v) is 4.05. The molecule has 0 unspecified atom stereocenters. The summed E-state index contributed by atoms with van der Waals surface area (Å²) in [6.45, 7) is 12.3. The first-order valence-corrected chi connectivity index (χ1v) is 10.4. The fourth-order valence-corrected chi connectivity index (χ4v) is 2.76. The first kappa shape index (κ1) is 24.0. The summed E-state index contributed by atoms with van der Waals surface area (Å²) in [5, 5.41) is 18.4. The van der Waals surface area contributed by atoms with Gasteiger partial charge < -0.3 is 9.84 Å². The maximum Gasteiger partial charge on any atom is 0.292 e. The number of nitro benzene ring substituents is 1. The maximum absolute atomic E-state index is 11.3. The zero-order valence-corrected chi connectivity index (χ0v) is 17.7. The van der Waals surface area contributed by atoms with Gasteiger partial charge in [-0.1, -0.05) is 38.9 Å². The second-order valence-corrected chi connectivity index (χ2v) is 5.95. The normalized spacial score (nSPS) is 9.50. The van der Waals surface area contributed by atoms with Crippen molar-refractivity contribution in [1.29, 1.82) is 0 Å². The third-order valence-electron chi connectivity index (χ3n) is 3.36. The molecule has 2 aromatic rings. The fourth-order valence-electron chi connectivity index (χ4n) is 2.32. The summed E-state index contributed by atoms with van der Waals surface area (Å²) >= 11 is 1.76. The van der Waals surface area contributed by atoms with Gasteiger partial charge in [-0.15, -0.1) is 0 Å². The number of nitro groups is 1.